The van der Waals surface area contributed by atoms with E-state index in [1.807, 2.05) is 0 Å². The second-order valence-electron chi connectivity index (χ2n) is 3.83. The van der Waals surface area contributed by atoms with E-state index in [9.17, 15) is 19.2 Å². The van der Waals surface area contributed by atoms with Crippen molar-refractivity contribution in [1.29, 1.82) is 0 Å². The molecule has 3 amide bonds. The maximum absolute atomic E-state index is 11.5. The normalized spacial score (nSPS) is 13.2. The van der Waals surface area contributed by atoms with Crippen LogP contribution < -0.4 is 16.4 Å². The Bertz CT molecular complexity index is 355. The highest BCUT2D eigenvalue weighted by Gasteiger charge is 2.23. The molecule has 2 atom stereocenters. The van der Waals surface area contributed by atoms with Gasteiger partial charge in [0.1, 0.15) is 12.1 Å². The topological polar surface area (TPSA) is 139 Å². The Balaban J connectivity index is 4.40. The maximum atomic E-state index is 11.5. The number of carbonyl (C=O) groups excluding carboxylic acids is 3. The monoisotopic (exact) mass is 259 g/mol. The van der Waals surface area contributed by atoms with E-state index in [2.05, 4.69) is 10.6 Å². The second kappa shape index (κ2) is 7.25. The molecule has 8 nitrogen and oxygen atoms in total. The number of nitrogens with two attached hydrogens (primary N) is 1. The van der Waals surface area contributed by atoms with Gasteiger partial charge in [0.25, 0.3) is 0 Å². The van der Waals surface area contributed by atoms with E-state index in [0.29, 0.717) is 0 Å². The average Bonchev–Trinajstić information content (AvgIpc) is 2.21. The highest BCUT2D eigenvalue weighted by molar-refractivity contribution is 5.89. The summed E-state index contributed by atoms with van der Waals surface area (Å²) < 4.78 is 0. The molecule has 0 aromatic carbocycles. The third-order valence-corrected chi connectivity index (χ3v) is 2.11. The van der Waals surface area contributed by atoms with Crippen LogP contribution in [0.5, 0.6) is 0 Å². The summed E-state index contributed by atoms with van der Waals surface area (Å²) in [6.45, 7) is 2.66. The number of nitrogens with one attached hydrogen (secondary N) is 2. The molecule has 0 aromatic heterocycles. The number of primary amides is 1. The molecular formula is C10H17N3O5. The first-order chi connectivity index (χ1) is 8.23. The molecule has 0 aromatic rings. The van der Waals surface area contributed by atoms with Crippen molar-refractivity contribution in [2.24, 2.45) is 5.73 Å². The summed E-state index contributed by atoms with van der Waals surface area (Å²) in [6.07, 6.45) is -0.241. The van der Waals surface area contributed by atoms with Crippen LogP contribution in [-0.4, -0.2) is 40.9 Å². The fourth-order valence-corrected chi connectivity index (χ4v) is 1.21. The van der Waals surface area contributed by atoms with Crippen molar-refractivity contribution < 1.29 is 24.3 Å². The molecule has 5 N–H and O–H groups in total. The molecule has 0 aliphatic rings. The molecule has 8 heteroatoms. The van der Waals surface area contributed by atoms with Crippen LogP contribution >= 0.6 is 0 Å². The smallest absolute Gasteiger partial charge is 0.326 e. The van der Waals surface area contributed by atoms with Crippen LogP contribution in [0.4, 0.5) is 0 Å². The Morgan fingerprint density at radius 3 is 2.17 bits per heavy atom. The van der Waals surface area contributed by atoms with E-state index < -0.39 is 35.8 Å². The van der Waals surface area contributed by atoms with Gasteiger partial charge in [0.2, 0.25) is 17.7 Å². The number of hydrogen-bond acceptors (Lipinski definition) is 4. The summed E-state index contributed by atoms with van der Waals surface area (Å²) in [7, 11) is 0. The van der Waals surface area contributed by atoms with E-state index in [-0.39, 0.29) is 12.8 Å². The number of amides is 3. The SMILES string of the molecule is CC(=O)NC(C)C(=O)NC(CCC(N)=O)C(=O)O. The van der Waals surface area contributed by atoms with Gasteiger partial charge >= 0.3 is 5.97 Å². The Kier molecular flexibility index (Phi) is 6.40. The molecule has 0 heterocycles. The largest absolute Gasteiger partial charge is 0.480 e. The van der Waals surface area contributed by atoms with Crippen molar-refractivity contribution in [2.45, 2.75) is 38.8 Å². The lowest BCUT2D eigenvalue weighted by Crippen LogP contribution is -2.50. The summed E-state index contributed by atoms with van der Waals surface area (Å²) in [4.78, 5) is 43.6. The van der Waals surface area contributed by atoms with E-state index in [1.165, 1.54) is 13.8 Å². The highest BCUT2D eigenvalue weighted by Crippen LogP contribution is 1.98. The van der Waals surface area contributed by atoms with Crippen molar-refractivity contribution in [3.8, 4) is 0 Å². The number of hydrogen-bond donors (Lipinski definition) is 4. The molecule has 0 aliphatic heterocycles. The van der Waals surface area contributed by atoms with Crippen molar-refractivity contribution in [3.05, 3.63) is 0 Å². The summed E-state index contributed by atoms with van der Waals surface area (Å²) in [5.41, 5.74) is 4.90. The van der Waals surface area contributed by atoms with Gasteiger partial charge in [-0.3, -0.25) is 14.4 Å². The summed E-state index contributed by atoms with van der Waals surface area (Å²) in [5.74, 6) is -2.95. The van der Waals surface area contributed by atoms with Crippen LogP contribution in [0.15, 0.2) is 0 Å². The number of carbonyl (C=O) groups is 4. The van der Waals surface area contributed by atoms with Gasteiger partial charge in [-0.25, -0.2) is 4.79 Å². The Labute approximate surface area is 104 Å². The number of rotatable bonds is 7. The van der Waals surface area contributed by atoms with Crippen LogP contribution in [0.3, 0.4) is 0 Å². The molecule has 18 heavy (non-hydrogen) atoms. The van der Waals surface area contributed by atoms with Crippen LogP contribution in [0.1, 0.15) is 26.7 Å². The minimum absolute atomic E-state index is 0.0940. The van der Waals surface area contributed by atoms with E-state index >= 15 is 0 Å². The van der Waals surface area contributed by atoms with Gasteiger partial charge in [0, 0.05) is 13.3 Å². The number of carboxylic acid groups (broad SMARTS) is 1. The predicted molar refractivity (Wildman–Crippen MR) is 61.3 cm³/mol. The molecule has 102 valence electrons. The lowest BCUT2D eigenvalue weighted by atomic mass is 10.1. The van der Waals surface area contributed by atoms with Gasteiger partial charge in [0.05, 0.1) is 0 Å². The Morgan fingerprint density at radius 1 is 1.22 bits per heavy atom. The van der Waals surface area contributed by atoms with Gasteiger partial charge < -0.3 is 21.5 Å². The molecule has 0 fully saturated rings. The molecule has 2 unspecified atom stereocenters. The molecule has 0 radical (unpaired) electrons. The van der Waals surface area contributed by atoms with Gasteiger partial charge in [-0.15, -0.1) is 0 Å². The molecule has 0 aliphatic carbocycles. The van der Waals surface area contributed by atoms with Crippen LogP contribution in [0.25, 0.3) is 0 Å². The number of carboxylic acids is 1. The van der Waals surface area contributed by atoms with Crippen molar-refractivity contribution in [3.63, 3.8) is 0 Å². The lowest BCUT2D eigenvalue weighted by molar-refractivity contribution is -0.142. The van der Waals surface area contributed by atoms with Gasteiger partial charge in [-0.05, 0) is 13.3 Å². The van der Waals surface area contributed by atoms with Crippen LogP contribution in [0.2, 0.25) is 0 Å². The van der Waals surface area contributed by atoms with Gasteiger partial charge in [0.15, 0.2) is 0 Å². The maximum Gasteiger partial charge on any atom is 0.326 e. The predicted octanol–water partition coefficient (Wildman–Crippen LogP) is -1.65. The van der Waals surface area contributed by atoms with Crippen molar-refractivity contribution in [1.82, 2.24) is 10.6 Å². The second-order valence-corrected chi connectivity index (χ2v) is 3.83. The quantitative estimate of drug-likeness (QED) is 0.433. The summed E-state index contributed by atoms with van der Waals surface area (Å²) in [6, 6.07) is -2.06. The first-order valence-corrected chi connectivity index (χ1v) is 5.32. The fourth-order valence-electron chi connectivity index (χ4n) is 1.21. The summed E-state index contributed by atoms with van der Waals surface area (Å²) in [5, 5.41) is 13.4. The molecule has 0 bridgehead atoms. The zero-order valence-electron chi connectivity index (χ0n) is 10.2. The zero-order valence-corrected chi connectivity index (χ0v) is 10.2. The lowest BCUT2D eigenvalue weighted by Gasteiger charge is -2.17. The molecular weight excluding hydrogens is 242 g/mol. The number of aliphatic carboxylic acids is 1. The Hall–Kier alpha value is -2.12. The first-order valence-electron chi connectivity index (χ1n) is 5.32. The minimum atomic E-state index is -1.26. The molecule has 0 saturated carbocycles. The third-order valence-electron chi connectivity index (χ3n) is 2.11. The molecule has 0 rings (SSSR count). The Morgan fingerprint density at radius 2 is 1.78 bits per heavy atom. The molecule has 0 spiro atoms. The van der Waals surface area contributed by atoms with Crippen molar-refractivity contribution in [2.75, 3.05) is 0 Å². The molecule has 0 saturated heterocycles. The van der Waals surface area contributed by atoms with E-state index in [0.717, 1.165) is 0 Å². The third kappa shape index (κ3) is 6.46. The van der Waals surface area contributed by atoms with Gasteiger partial charge in [-0.1, -0.05) is 0 Å². The average molecular weight is 259 g/mol. The van der Waals surface area contributed by atoms with Crippen LogP contribution in [-0.2, 0) is 19.2 Å². The summed E-state index contributed by atoms with van der Waals surface area (Å²) >= 11 is 0. The van der Waals surface area contributed by atoms with E-state index in [1.54, 1.807) is 0 Å². The minimum Gasteiger partial charge on any atom is -0.480 e. The zero-order chi connectivity index (χ0) is 14.3. The highest BCUT2D eigenvalue weighted by atomic mass is 16.4. The van der Waals surface area contributed by atoms with Gasteiger partial charge in [-0.2, -0.15) is 0 Å². The van der Waals surface area contributed by atoms with Crippen molar-refractivity contribution >= 4 is 23.7 Å². The van der Waals surface area contributed by atoms with Crippen LogP contribution in [0, 0.1) is 0 Å². The van der Waals surface area contributed by atoms with E-state index in [4.69, 9.17) is 10.8 Å². The fraction of sp³-hybridized carbons (Fsp3) is 0.600. The standard InChI is InChI=1S/C10H17N3O5/c1-5(12-6(2)14)9(16)13-7(10(17)18)3-4-8(11)15/h5,7H,3-4H2,1-2H3,(H2,11,15)(H,12,14)(H,13,16)(H,17,18). The first kappa shape index (κ1) is 15.9.